The highest BCUT2D eigenvalue weighted by molar-refractivity contribution is 6.13. The Labute approximate surface area is 220 Å². The summed E-state index contributed by atoms with van der Waals surface area (Å²) in [5.74, 6) is 0.182. The van der Waals surface area contributed by atoms with Crippen LogP contribution < -0.4 is 0 Å². The Balaban J connectivity index is 1.73. The molecule has 0 unspecified atom stereocenters. The van der Waals surface area contributed by atoms with Gasteiger partial charge in [0, 0.05) is 53.2 Å². The first-order valence-electron chi connectivity index (χ1n) is 12.9. The van der Waals surface area contributed by atoms with Crippen molar-refractivity contribution < 1.29 is 9.53 Å². The molecule has 1 atom stereocenters. The number of hydrogen-bond donors (Lipinski definition) is 0. The van der Waals surface area contributed by atoms with Gasteiger partial charge in [-0.3, -0.25) is 14.5 Å². The summed E-state index contributed by atoms with van der Waals surface area (Å²) < 4.78 is 11.6. The molecule has 0 aliphatic carbocycles. The van der Waals surface area contributed by atoms with Crippen LogP contribution in [0, 0.1) is 12.8 Å². The van der Waals surface area contributed by atoms with E-state index in [-0.39, 0.29) is 11.9 Å². The van der Waals surface area contributed by atoms with Gasteiger partial charge in [0.15, 0.2) is 5.69 Å². The first-order chi connectivity index (χ1) is 18.4. The predicted molar refractivity (Wildman–Crippen MR) is 145 cm³/mol. The summed E-state index contributed by atoms with van der Waals surface area (Å²) in [4.78, 5) is 20.0. The molecule has 0 N–H and O–H groups in total. The summed E-state index contributed by atoms with van der Waals surface area (Å²) in [5, 5.41) is 13.2. The quantitative estimate of drug-likeness (QED) is 0.356. The highest BCUT2D eigenvalue weighted by atomic mass is 16.5. The molecular weight excluding hydrogens is 480 g/mol. The van der Waals surface area contributed by atoms with Crippen LogP contribution in [0.5, 0.6) is 0 Å². The van der Waals surface area contributed by atoms with E-state index in [1.54, 1.807) is 28.4 Å². The molecule has 0 bridgehead atoms. The lowest BCUT2D eigenvalue weighted by molar-refractivity contribution is 0.0552. The molecular formula is C28H32N8O2. The van der Waals surface area contributed by atoms with Crippen LogP contribution in [0.15, 0.2) is 42.6 Å². The summed E-state index contributed by atoms with van der Waals surface area (Å²) in [6.45, 7) is 3.39. The zero-order valence-corrected chi connectivity index (χ0v) is 22.4. The SMILES string of the molecule is Cc1nnn(C)c1-c1cnc2c3c(c(C(=O)N(C)C)nn3C)n([C@H](c3ccccc3)C3CCOCC3)c2c1. The van der Waals surface area contributed by atoms with Crippen molar-refractivity contribution in [1.29, 1.82) is 0 Å². The van der Waals surface area contributed by atoms with Crippen molar-refractivity contribution in [3.05, 3.63) is 59.5 Å². The van der Waals surface area contributed by atoms with Crippen LogP contribution >= 0.6 is 0 Å². The number of pyridine rings is 1. The topological polar surface area (TPSA) is 95.9 Å². The van der Waals surface area contributed by atoms with Gasteiger partial charge in [0.2, 0.25) is 0 Å². The maximum Gasteiger partial charge on any atom is 0.276 e. The largest absolute Gasteiger partial charge is 0.381 e. The monoisotopic (exact) mass is 512 g/mol. The number of aromatic nitrogens is 7. The van der Waals surface area contributed by atoms with Crippen LogP contribution in [-0.2, 0) is 18.8 Å². The lowest BCUT2D eigenvalue weighted by Crippen LogP contribution is -2.28. The van der Waals surface area contributed by atoms with Gasteiger partial charge in [-0.25, -0.2) is 4.68 Å². The second kappa shape index (κ2) is 9.36. The first kappa shape index (κ1) is 24.3. The Kier molecular flexibility index (Phi) is 5.98. The molecule has 1 aromatic carbocycles. The van der Waals surface area contributed by atoms with Gasteiger partial charge in [0.05, 0.1) is 22.9 Å². The van der Waals surface area contributed by atoms with Gasteiger partial charge in [0.1, 0.15) is 16.6 Å². The van der Waals surface area contributed by atoms with Gasteiger partial charge in [-0.15, -0.1) is 5.10 Å². The lowest BCUT2D eigenvalue weighted by atomic mass is 9.86. The van der Waals surface area contributed by atoms with Gasteiger partial charge >= 0.3 is 0 Å². The highest BCUT2D eigenvalue weighted by Gasteiger charge is 2.34. The molecule has 5 heterocycles. The summed E-state index contributed by atoms with van der Waals surface area (Å²) >= 11 is 0. The van der Waals surface area contributed by atoms with Gasteiger partial charge < -0.3 is 14.2 Å². The number of ether oxygens (including phenoxy) is 1. The molecule has 10 nitrogen and oxygen atoms in total. The Morgan fingerprint density at radius 2 is 1.82 bits per heavy atom. The Bertz CT molecular complexity index is 1620. The third-order valence-corrected chi connectivity index (χ3v) is 7.62. The van der Waals surface area contributed by atoms with E-state index in [0.717, 1.165) is 65.1 Å². The molecule has 0 saturated carbocycles. The second-order valence-corrected chi connectivity index (χ2v) is 10.3. The zero-order chi connectivity index (χ0) is 26.6. The van der Waals surface area contributed by atoms with E-state index in [1.807, 2.05) is 33.3 Å². The van der Waals surface area contributed by atoms with Crippen molar-refractivity contribution in [3.8, 4) is 11.3 Å². The van der Waals surface area contributed by atoms with E-state index in [2.05, 4.69) is 45.2 Å². The van der Waals surface area contributed by atoms with E-state index in [4.69, 9.17) is 14.8 Å². The minimum absolute atomic E-state index is 0.0270. The Morgan fingerprint density at radius 3 is 2.47 bits per heavy atom. The number of nitrogens with zero attached hydrogens (tertiary/aromatic N) is 8. The molecule has 5 aromatic rings. The number of fused-ring (bicyclic) bond motifs is 3. The van der Waals surface area contributed by atoms with Crippen LogP contribution in [-0.4, -0.2) is 72.4 Å². The molecule has 0 spiro atoms. The number of benzene rings is 1. The summed E-state index contributed by atoms with van der Waals surface area (Å²) in [7, 11) is 7.30. The minimum atomic E-state index is -0.134. The first-order valence-corrected chi connectivity index (χ1v) is 12.9. The average Bonchev–Trinajstić information content (AvgIpc) is 3.56. The van der Waals surface area contributed by atoms with Crippen LogP contribution in [0.1, 0.15) is 40.6 Å². The number of carbonyl (C=O) groups is 1. The van der Waals surface area contributed by atoms with E-state index in [1.165, 1.54) is 5.56 Å². The molecule has 0 radical (unpaired) electrons. The second-order valence-electron chi connectivity index (χ2n) is 10.3. The number of aryl methyl sites for hydroxylation is 3. The van der Waals surface area contributed by atoms with E-state index in [9.17, 15) is 4.79 Å². The predicted octanol–water partition coefficient (Wildman–Crippen LogP) is 3.74. The van der Waals surface area contributed by atoms with Crippen molar-refractivity contribution in [3.63, 3.8) is 0 Å². The van der Waals surface area contributed by atoms with Crippen molar-refractivity contribution >= 4 is 28.0 Å². The van der Waals surface area contributed by atoms with Crippen LogP contribution in [0.4, 0.5) is 0 Å². The maximum atomic E-state index is 13.5. The molecule has 1 aliphatic rings. The smallest absolute Gasteiger partial charge is 0.276 e. The van der Waals surface area contributed by atoms with Crippen molar-refractivity contribution in [2.24, 2.45) is 20.0 Å². The van der Waals surface area contributed by atoms with Gasteiger partial charge in [0.25, 0.3) is 5.91 Å². The van der Waals surface area contributed by atoms with Crippen molar-refractivity contribution in [1.82, 2.24) is 39.2 Å². The third kappa shape index (κ3) is 3.78. The van der Waals surface area contributed by atoms with Crippen LogP contribution in [0.2, 0.25) is 0 Å². The average molecular weight is 513 g/mol. The molecule has 1 amide bonds. The van der Waals surface area contributed by atoms with Gasteiger partial charge in [-0.05, 0) is 37.3 Å². The number of carbonyl (C=O) groups excluding carboxylic acids is 1. The van der Waals surface area contributed by atoms with Gasteiger partial charge in [-0.1, -0.05) is 35.5 Å². The lowest BCUT2D eigenvalue weighted by Gasteiger charge is -2.33. The number of amides is 1. The molecule has 38 heavy (non-hydrogen) atoms. The fraction of sp³-hybridized carbons (Fsp3) is 0.393. The molecule has 10 heteroatoms. The number of hydrogen-bond acceptors (Lipinski definition) is 6. The normalized spacial score (nSPS) is 15.4. The molecule has 196 valence electrons. The molecule has 1 saturated heterocycles. The maximum absolute atomic E-state index is 13.5. The minimum Gasteiger partial charge on any atom is -0.381 e. The fourth-order valence-corrected chi connectivity index (χ4v) is 5.89. The summed E-state index contributed by atoms with van der Waals surface area (Å²) in [6, 6.07) is 12.7. The molecule has 1 aliphatic heterocycles. The summed E-state index contributed by atoms with van der Waals surface area (Å²) in [6.07, 6.45) is 3.72. The zero-order valence-electron chi connectivity index (χ0n) is 22.4. The molecule has 4 aromatic heterocycles. The third-order valence-electron chi connectivity index (χ3n) is 7.62. The molecule has 6 rings (SSSR count). The van der Waals surface area contributed by atoms with Crippen LogP contribution in [0.3, 0.4) is 0 Å². The summed E-state index contributed by atoms with van der Waals surface area (Å²) in [5.41, 5.74) is 7.74. The number of rotatable bonds is 5. The molecule has 1 fully saturated rings. The van der Waals surface area contributed by atoms with E-state index in [0.29, 0.717) is 11.6 Å². The van der Waals surface area contributed by atoms with E-state index < -0.39 is 0 Å². The Hall–Kier alpha value is -4.05. The van der Waals surface area contributed by atoms with Crippen LogP contribution in [0.25, 0.3) is 33.3 Å². The fourth-order valence-electron chi connectivity index (χ4n) is 5.89. The van der Waals surface area contributed by atoms with Crippen molar-refractivity contribution in [2.75, 3.05) is 27.3 Å². The van der Waals surface area contributed by atoms with Gasteiger partial charge in [-0.2, -0.15) is 5.10 Å². The standard InChI is InChI=1S/C28H32N8O2/c1-17-24(35(5)32-30-17)20-15-21-22(29-16-20)26-27(23(31-34(26)4)28(37)33(2)3)36(21)25(18-9-7-6-8-10-18)19-11-13-38-14-12-19/h6-10,15-16,19,25H,11-14H2,1-5H3/t25-/m1/s1. The van der Waals surface area contributed by atoms with Crippen molar-refractivity contribution in [2.45, 2.75) is 25.8 Å². The Morgan fingerprint density at radius 1 is 1.08 bits per heavy atom. The highest BCUT2D eigenvalue weighted by Crippen LogP contribution is 2.42. The van der Waals surface area contributed by atoms with E-state index >= 15 is 0 Å².